The molecule has 3 N–H and O–H groups in total. The molecule has 0 bridgehead atoms. The predicted octanol–water partition coefficient (Wildman–Crippen LogP) is 0.962. The Morgan fingerprint density at radius 2 is 2.00 bits per heavy atom. The summed E-state index contributed by atoms with van der Waals surface area (Å²) in [4.78, 5) is 14.0. The molecule has 1 fully saturated rings. The average Bonchev–Trinajstić information content (AvgIpc) is 2.18. The smallest absolute Gasteiger partial charge is 0.221 e. The summed E-state index contributed by atoms with van der Waals surface area (Å²) in [7, 11) is 0. The number of rotatable bonds is 5. The number of amides is 1. The summed E-state index contributed by atoms with van der Waals surface area (Å²) in [6.45, 7) is 10.1. The van der Waals surface area contributed by atoms with Crippen molar-refractivity contribution in [2.45, 2.75) is 45.6 Å². The van der Waals surface area contributed by atoms with Crippen LogP contribution in [-0.2, 0) is 4.79 Å². The molecule has 0 atom stereocenters. The molecule has 0 aliphatic carbocycles. The number of nitrogens with two attached hydrogens (primary N) is 1. The van der Waals surface area contributed by atoms with E-state index in [9.17, 15) is 4.79 Å². The molecule has 1 heterocycles. The summed E-state index contributed by atoms with van der Waals surface area (Å²) in [6.07, 6.45) is 2.96. The molecule has 4 heteroatoms. The maximum absolute atomic E-state index is 11.5. The number of nitrogens with zero attached hydrogens (tertiary/aromatic N) is 1. The van der Waals surface area contributed by atoms with Crippen LogP contribution in [0.25, 0.3) is 0 Å². The summed E-state index contributed by atoms with van der Waals surface area (Å²) in [5.41, 5.74) is 5.38. The van der Waals surface area contributed by atoms with Crippen molar-refractivity contribution < 1.29 is 4.79 Å². The van der Waals surface area contributed by atoms with Crippen LogP contribution in [0.5, 0.6) is 0 Å². The zero-order valence-electron chi connectivity index (χ0n) is 11.5. The molecule has 0 aromatic carbocycles. The molecule has 0 unspecified atom stereocenters. The van der Waals surface area contributed by atoms with Gasteiger partial charge in [0.2, 0.25) is 5.91 Å². The van der Waals surface area contributed by atoms with Crippen LogP contribution in [0.3, 0.4) is 0 Å². The van der Waals surface area contributed by atoms with Crippen molar-refractivity contribution in [2.24, 2.45) is 11.7 Å². The molecule has 1 amide bonds. The van der Waals surface area contributed by atoms with Gasteiger partial charge >= 0.3 is 0 Å². The number of hydrogen-bond donors (Lipinski definition) is 2. The van der Waals surface area contributed by atoms with Crippen molar-refractivity contribution in [1.29, 1.82) is 0 Å². The third-order valence-corrected chi connectivity index (χ3v) is 3.24. The van der Waals surface area contributed by atoms with Crippen molar-refractivity contribution in [3.8, 4) is 0 Å². The first-order valence-electron chi connectivity index (χ1n) is 6.65. The molecule has 0 aromatic heterocycles. The standard InChI is InChI=1S/C13H27N3O/c1-11-4-7-16(8-5-11)9-6-15-12(17)10-13(2,3)14/h11H,4-10,14H2,1-3H3,(H,15,17). The monoisotopic (exact) mass is 241 g/mol. The van der Waals surface area contributed by atoms with Crippen LogP contribution in [0.4, 0.5) is 0 Å². The third-order valence-electron chi connectivity index (χ3n) is 3.24. The van der Waals surface area contributed by atoms with Crippen LogP contribution < -0.4 is 11.1 Å². The molecule has 0 spiro atoms. The number of likely N-dealkylation sites (tertiary alicyclic amines) is 1. The molecule has 0 radical (unpaired) electrons. The first kappa shape index (κ1) is 14.5. The van der Waals surface area contributed by atoms with E-state index in [1.165, 1.54) is 25.9 Å². The second-order valence-electron chi connectivity index (χ2n) is 6.04. The van der Waals surface area contributed by atoms with E-state index in [0.29, 0.717) is 6.42 Å². The molecular formula is C13H27N3O. The summed E-state index contributed by atoms with van der Waals surface area (Å²) in [5, 5.41) is 2.94. The minimum Gasteiger partial charge on any atom is -0.355 e. The highest BCUT2D eigenvalue weighted by molar-refractivity contribution is 5.77. The first-order valence-corrected chi connectivity index (χ1v) is 6.65. The average molecular weight is 241 g/mol. The van der Waals surface area contributed by atoms with Crippen LogP contribution in [0.15, 0.2) is 0 Å². The summed E-state index contributed by atoms with van der Waals surface area (Å²) in [6, 6.07) is 0. The number of hydrogen-bond acceptors (Lipinski definition) is 3. The van der Waals surface area contributed by atoms with Crippen LogP contribution >= 0.6 is 0 Å². The number of piperidine rings is 1. The normalized spacial score (nSPS) is 19.3. The van der Waals surface area contributed by atoms with Crippen molar-refractivity contribution in [1.82, 2.24) is 10.2 Å². The Bertz CT molecular complexity index is 240. The van der Waals surface area contributed by atoms with Crippen LogP contribution in [0, 0.1) is 5.92 Å². The SMILES string of the molecule is CC1CCN(CCNC(=O)CC(C)(C)N)CC1. The maximum Gasteiger partial charge on any atom is 0.221 e. The van der Waals surface area contributed by atoms with Gasteiger partial charge in [0.05, 0.1) is 0 Å². The summed E-state index contributed by atoms with van der Waals surface area (Å²) >= 11 is 0. The lowest BCUT2D eigenvalue weighted by atomic mass is 9.99. The van der Waals surface area contributed by atoms with E-state index in [4.69, 9.17) is 5.73 Å². The fourth-order valence-electron chi connectivity index (χ4n) is 2.12. The lowest BCUT2D eigenvalue weighted by Crippen LogP contribution is -2.42. The van der Waals surface area contributed by atoms with Gasteiger partial charge in [-0.1, -0.05) is 6.92 Å². The summed E-state index contributed by atoms with van der Waals surface area (Å²) in [5.74, 6) is 0.918. The van der Waals surface area contributed by atoms with Gasteiger partial charge in [-0.25, -0.2) is 0 Å². The zero-order valence-corrected chi connectivity index (χ0v) is 11.5. The second kappa shape index (κ2) is 6.36. The fraction of sp³-hybridized carbons (Fsp3) is 0.923. The largest absolute Gasteiger partial charge is 0.355 e. The van der Waals surface area contributed by atoms with Gasteiger partial charge in [-0.15, -0.1) is 0 Å². The van der Waals surface area contributed by atoms with Crippen LogP contribution in [0.1, 0.15) is 40.0 Å². The quantitative estimate of drug-likeness (QED) is 0.754. The van der Waals surface area contributed by atoms with E-state index in [1.54, 1.807) is 0 Å². The highest BCUT2D eigenvalue weighted by Crippen LogP contribution is 2.15. The molecule has 4 nitrogen and oxygen atoms in total. The fourth-order valence-corrected chi connectivity index (χ4v) is 2.12. The molecule has 1 rings (SSSR count). The van der Waals surface area contributed by atoms with Crippen LogP contribution in [-0.4, -0.2) is 42.5 Å². The molecule has 0 aromatic rings. The molecular weight excluding hydrogens is 214 g/mol. The minimum absolute atomic E-state index is 0.0582. The van der Waals surface area contributed by atoms with Gasteiger partial charge in [0.25, 0.3) is 0 Å². The Labute approximate surface area is 105 Å². The molecule has 1 aliphatic rings. The predicted molar refractivity (Wildman–Crippen MR) is 70.7 cm³/mol. The topological polar surface area (TPSA) is 58.4 Å². The first-order chi connectivity index (χ1) is 7.87. The van der Waals surface area contributed by atoms with Crippen molar-refractivity contribution >= 4 is 5.91 Å². The van der Waals surface area contributed by atoms with E-state index < -0.39 is 5.54 Å². The minimum atomic E-state index is -0.412. The van der Waals surface area contributed by atoms with E-state index >= 15 is 0 Å². The number of carbonyl (C=O) groups excluding carboxylic acids is 1. The molecule has 0 saturated carbocycles. The van der Waals surface area contributed by atoms with E-state index in [1.807, 2.05) is 13.8 Å². The van der Waals surface area contributed by atoms with E-state index in [-0.39, 0.29) is 5.91 Å². The second-order valence-corrected chi connectivity index (χ2v) is 6.04. The highest BCUT2D eigenvalue weighted by atomic mass is 16.1. The number of nitrogens with one attached hydrogen (secondary N) is 1. The van der Waals surface area contributed by atoms with Gasteiger partial charge < -0.3 is 16.0 Å². The van der Waals surface area contributed by atoms with Crippen molar-refractivity contribution in [3.63, 3.8) is 0 Å². The molecule has 1 saturated heterocycles. The Morgan fingerprint density at radius 1 is 1.41 bits per heavy atom. The summed E-state index contributed by atoms with van der Waals surface area (Å²) < 4.78 is 0. The Morgan fingerprint density at radius 3 is 2.53 bits per heavy atom. The van der Waals surface area contributed by atoms with Gasteiger partial charge in [-0.2, -0.15) is 0 Å². The van der Waals surface area contributed by atoms with E-state index in [2.05, 4.69) is 17.1 Å². The Hall–Kier alpha value is -0.610. The lowest BCUT2D eigenvalue weighted by Gasteiger charge is -2.30. The zero-order chi connectivity index (χ0) is 12.9. The lowest BCUT2D eigenvalue weighted by molar-refractivity contribution is -0.122. The van der Waals surface area contributed by atoms with Crippen molar-refractivity contribution in [3.05, 3.63) is 0 Å². The highest BCUT2D eigenvalue weighted by Gasteiger charge is 2.17. The van der Waals surface area contributed by atoms with Crippen molar-refractivity contribution in [2.75, 3.05) is 26.2 Å². The van der Waals surface area contributed by atoms with Crippen LogP contribution in [0.2, 0.25) is 0 Å². The van der Waals surface area contributed by atoms with E-state index in [0.717, 1.165) is 19.0 Å². The van der Waals surface area contributed by atoms with Gasteiger partial charge in [0.1, 0.15) is 0 Å². The molecule has 1 aliphatic heterocycles. The molecule has 100 valence electrons. The maximum atomic E-state index is 11.5. The third kappa shape index (κ3) is 6.64. The van der Waals surface area contributed by atoms with Gasteiger partial charge in [0.15, 0.2) is 0 Å². The number of carbonyl (C=O) groups is 1. The molecule has 17 heavy (non-hydrogen) atoms. The van der Waals surface area contributed by atoms with Gasteiger partial charge in [-0.05, 0) is 45.7 Å². The Balaban J connectivity index is 2.09. The Kier molecular flexibility index (Phi) is 5.40. The van der Waals surface area contributed by atoms with Gasteiger partial charge in [0, 0.05) is 25.0 Å². The van der Waals surface area contributed by atoms with Gasteiger partial charge in [-0.3, -0.25) is 4.79 Å².